The molecular weight excluding hydrogens is 442 g/mol. The number of benzene rings is 2. The van der Waals surface area contributed by atoms with E-state index in [1.165, 1.54) is 11.1 Å². The smallest absolute Gasteiger partial charge is 0.335 e. The average molecular weight is 470 g/mol. The van der Waals surface area contributed by atoms with Crippen molar-refractivity contribution < 1.29 is 24.5 Å². The average Bonchev–Trinajstić information content (AvgIpc) is 2.93. The van der Waals surface area contributed by atoms with Crippen molar-refractivity contribution in [2.75, 3.05) is 31.2 Å². The zero-order valence-corrected chi connectivity index (χ0v) is 19.1. The summed E-state index contributed by atoms with van der Waals surface area (Å²) in [6, 6.07) is 11.1. The molecule has 1 spiro atoms. The van der Waals surface area contributed by atoms with Gasteiger partial charge in [-0.15, -0.1) is 6.58 Å². The lowest BCUT2D eigenvalue weighted by atomic mass is 9.70. The minimum Gasteiger partial charge on any atom is -0.490 e. The highest BCUT2D eigenvalue weighted by Gasteiger charge is 2.44. The lowest BCUT2D eigenvalue weighted by Crippen LogP contribution is -2.54. The van der Waals surface area contributed by atoms with Gasteiger partial charge in [-0.2, -0.15) is 0 Å². The van der Waals surface area contributed by atoms with Crippen molar-refractivity contribution in [1.82, 2.24) is 0 Å². The lowest BCUT2D eigenvalue weighted by Gasteiger charge is -2.45. The van der Waals surface area contributed by atoms with Crippen molar-refractivity contribution in [3.63, 3.8) is 0 Å². The summed E-state index contributed by atoms with van der Waals surface area (Å²) in [6.07, 6.45) is 3.70. The molecule has 0 aromatic heterocycles. The molecule has 2 aliphatic heterocycles. The zero-order valence-electron chi connectivity index (χ0n) is 18.4. The molecule has 1 aliphatic carbocycles. The third-order valence-electron chi connectivity index (χ3n) is 7.34. The number of aliphatic hydroxyl groups excluding tert-OH is 1. The van der Waals surface area contributed by atoms with Crippen LogP contribution >= 0.6 is 11.6 Å². The molecule has 0 radical (unpaired) electrons. The largest absolute Gasteiger partial charge is 0.490 e. The third kappa shape index (κ3) is 4.01. The predicted octanol–water partition coefficient (Wildman–Crippen LogP) is 4.07. The van der Waals surface area contributed by atoms with E-state index in [-0.39, 0.29) is 23.0 Å². The molecule has 0 bridgehead atoms. The Morgan fingerprint density at radius 1 is 1.33 bits per heavy atom. The number of carbonyl (C=O) groups is 1. The molecule has 174 valence electrons. The Kier molecular flexibility index (Phi) is 5.85. The molecule has 1 fully saturated rings. The maximum absolute atomic E-state index is 11.7. The van der Waals surface area contributed by atoms with Crippen LogP contribution in [0.2, 0.25) is 5.02 Å². The van der Waals surface area contributed by atoms with Gasteiger partial charge < -0.3 is 24.6 Å². The maximum Gasteiger partial charge on any atom is 0.335 e. The van der Waals surface area contributed by atoms with Gasteiger partial charge in [0.2, 0.25) is 0 Å². The normalized spacial score (nSPS) is 26.9. The van der Waals surface area contributed by atoms with E-state index in [2.05, 4.69) is 17.5 Å². The minimum absolute atomic E-state index is 0.0359. The summed E-state index contributed by atoms with van der Waals surface area (Å²) in [5.41, 5.74) is 3.19. The number of carboxylic acids is 1. The Morgan fingerprint density at radius 2 is 2.18 bits per heavy atom. The van der Waals surface area contributed by atoms with Gasteiger partial charge in [-0.25, -0.2) is 4.79 Å². The van der Waals surface area contributed by atoms with E-state index in [0.717, 1.165) is 30.0 Å². The van der Waals surface area contributed by atoms with Gasteiger partial charge in [-0.3, -0.25) is 0 Å². The molecule has 2 heterocycles. The van der Waals surface area contributed by atoms with Gasteiger partial charge in [0, 0.05) is 29.4 Å². The summed E-state index contributed by atoms with van der Waals surface area (Å²) in [7, 11) is 0. The molecule has 6 nitrogen and oxygen atoms in total. The van der Waals surface area contributed by atoms with Crippen LogP contribution in [0, 0.1) is 5.92 Å². The van der Waals surface area contributed by atoms with Crippen molar-refractivity contribution in [3.05, 3.63) is 70.8 Å². The van der Waals surface area contributed by atoms with Crippen LogP contribution < -0.4 is 9.64 Å². The fourth-order valence-electron chi connectivity index (χ4n) is 5.49. The molecule has 0 amide bonds. The van der Waals surface area contributed by atoms with Crippen molar-refractivity contribution in [2.24, 2.45) is 5.92 Å². The number of nitrogens with zero attached hydrogens (tertiary/aromatic N) is 1. The number of aromatic carboxylic acids is 1. The molecule has 2 aromatic carbocycles. The monoisotopic (exact) mass is 469 g/mol. The minimum atomic E-state index is -0.978. The highest BCUT2D eigenvalue weighted by Crippen LogP contribution is 2.45. The van der Waals surface area contributed by atoms with Gasteiger partial charge in [0.1, 0.15) is 5.75 Å². The van der Waals surface area contributed by atoms with Gasteiger partial charge >= 0.3 is 5.97 Å². The molecule has 1 saturated heterocycles. The Hall–Kier alpha value is -2.54. The quantitative estimate of drug-likeness (QED) is 0.642. The second kappa shape index (κ2) is 8.67. The van der Waals surface area contributed by atoms with E-state index in [1.807, 2.05) is 12.1 Å². The molecule has 33 heavy (non-hydrogen) atoms. The first kappa shape index (κ1) is 22.3. The number of hydrogen-bond donors (Lipinski definition) is 2. The Bertz CT molecular complexity index is 1090. The maximum atomic E-state index is 11.7. The molecule has 2 aromatic rings. The van der Waals surface area contributed by atoms with Crippen LogP contribution in [-0.4, -0.2) is 54.7 Å². The number of rotatable bonds is 5. The summed E-state index contributed by atoms with van der Waals surface area (Å²) < 4.78 is 12.2. The van der Waals surface area contributed by atoms with Gasteiger partial charge in [-0.1, -0.05) is 23.7 Å². The first-order valence-corrected chi connectivity index (χ1v) is 11.7. The highest BCUT2D eigenvalue weighted by atomic mass is 35.5. The van der Waals surface area contributed by atoms with Gasteiger partial charge in [0.15, 0.2) is 0 Å². The summed E-state index contributed by atoms with van der Waals surface area (Å²) in [5, 5.41) is 20.6. The van der Waals surface area contributed by atoms with Gasteiger partial charge in [0.25, 0.3) is 0 Å². The van der Waals surface area contributed by atoms with E-state index in [4.69, 9.17) is 21.1 Å². The second-order valence-electron chi connectivity index (χ2n) is 9.35. The Balaban J connectivity index is 1.55. The van der Waals surface area contributed by atoms with E-state index < -0.39 is 12.1 Å². The Labute approximate surface area is 198 Å². The fourth-order valence-corrected chi connectivity index (χ4v) is 5.68. The van der Waals surface area contributed by atoms with Gasteiger partial charge in [-0.05, 0) is 60.7 Å². The molecule has 2 N–H and O–H groups in total. The number of aryl methyl sites for hydroxylation is 1. The highest BCUT2D eigenvalue weighted by molar-refractivity contribution is 6.30. The van der Waals surface area contributed by atoms with Crippen LogP contribution in [-0.2, 0) is 16.6 Å². The summed E-state index contributed by atoms with van der Waals surface area (Å²) in [5.74, 6) is -0.349. The number of fused-ring (bicyclic) bond motifs is 3. The molecule has 0 saturated carbocycles. The van der Waals surface area contributed by atoms with Crippen LogP contribution in [0.3, 0.4) is 0 Å². The van der Waals surface area contributed by atoms with Crippen LogP contribution in [0.25, 0.3) is 0 Å². The molecule has 5 rings (SSSR count). The number of carboxylic acid groups (broad SMARTS) is 1. The molecule has 3 aliphatic rings. The lowest BCUT2D eigenvalue weighted by molar-refractivity contribution is -0.142. The van der Waals surface area contributed by atoms with E-state index in [0.29, 0.717) is 32.1 Å². The van der Waals surface area contributed by atoms with E-state index in [1.54, 1.807) is 24.3 Å². The fraction of sp³-hybridized carbons (Fsp3) is 0.423. The predicted molar refractivity (Wildman–Crippen MR) is 127 cm³/mol. The van der Waals surface area contributed by atoms with Crippen molar-refractivity contribution in [3.8, 4) is 5.75 Å². The summed E-state index contributed by atoms with van der Waals surface area (Å²) in [4.78, 5) is 13.9. The van der Waals surface area contributed by atoms with Crippen LogP contribution in [0.5, 0.6) is 5.75 Å². The van der Waals surface area contributed by atoms with E-state index in [9.17, 15) is 15.0 Å². The SMILES string of the molecule is C=CC(O)[C@@H]1CO[C@H]1CN1C[C@@]2(CCCc3cc(Cl)ccc32)COc2ccc(C(=O)O)cc21. The molecule has 1 unspecified atom stereocenters. The molecule has 7 heteroatoms. The summed E-state index contributed by atoms with van der Waals surface area (Å²) >= 11 is 6.29. The van der Waals surface area contributed by atoms with Crippen LogP contribution in [0.4, 0.5) is 5.69 Å². The number of aliphatic hydroxyl groups is 1. The first-order valence-electron chi connectivity index (χ1n) is 11.4. The second-order valence-corrected chi connectivity index (χ2v) is 9.79. The number of halogens is 1. The molecular formula is C26H28ClNO5. The van der Waals surface area contributed by atoms with Crippen LogP contribution in [0.15, 0.2) is 49.1 Å². The van der Waals surface area contributed by atoms with Crippen molar-refractivity contribution >= 4 is 23.3 Å². The first-order chi connectivity index (χ1) is 15.9. The molecule has 4 atom stereocenters. The van der Waals surface area contributed by atoms with E-state index >= 15 is 0 Å². The number of hydrogen-bond acceptors (Lipinski definition) is 5. The zero-order chi connectivity index (χ0) is 23.2. The topological polar surface area (TPSA) is 79.2 Å². The number of ether oxygens (including phenoxy) is 2. The van der Waals surface area contributed by atoms with Gasteiger partial charge in [0.05, 0.1) is 36.7 Å². The standard InChI is InChI=1S/C26H28ClNO5/c1-2-22(29)19-13-32-24(19)12-28-14-26(9-3-4-16-10-18(27)6-7-20(16)26)15-33-23-8-5-17(25(30)31)11-21(23)28/h2,5-8,10-11,19,22,24,29H,1,3-4,9,12-15H2,(H,30,31)/t19-,22?,24-,26-/m0/s1. The Morgan fingerprint density at radius 3 is 2.91 bits per heavy atom. The number of anilines is 1. The third-order valence-corrected chi connectivity index (χ3v) is 7.58. The van der Waals surface area contributed by atoms with Crippen LogP contribution in [0.1, 0.15) is 34.3 Å². The van der Waals surface area contributed by atoms with Crippen molar-refractivity contribution in [1.29, 1.82) is 0 Å². The van der Waals surface area contributed by atoms with Crippen molar-refractivity contribution in [2.45, 2.75) is 36.9 Å². The summed E-state index contributed by atoms with van der Waals surface area (Å²) in [6.45, 7) is 5.89.